The average Bonchev–Trinajstić information content (AvgIpc) is 3.42. The molecular formula is C28H44N4O11S. The molecule has 16 heteroatoms. The van der Waals surface area contributed by atoms with E-state index in [1.165, 1.54) is 27.7 Å². The quantitative estimate of drug-likeness (QED) is 0.212. The molecule has 44 heavy (non-hydrogen) atoms. The molecule has 0 N–H and O–H groups in total. The molecule has 15 nitrogen and oxygen atoms in total. The molecule has 1 aliphatic heterocycles. The van der Waals surface area contributed by atoms with Crippen molar-refractivity contribution < 1.29 is 52.4 Å². The van der Waals surface area contributed by atoms with Gasteiger partial charge in [-0.05, 0) is 48.5 Å². The van der Waals surface area contributed by atoms with E-state index in [-0.39, 0.29) is 12.5 Å². The Morgan fingerprint density at radius 3 is 1.84 bits per heavy atom. The molecule has 1 aromatic rings. The Balaban J connectivity index is 1.91. The van der Waals surface area contributed by atoms with Gasteiger partial charge in [-0.2, -0.15) is 4.37 Å². The van der Waals surface area contributed by atoms with Gasteiger partial charge in [-0.15, -0.1) is 4.37 Å². The first-order valence-corrected chi connectivity index (χ1v) is 15.1. The fourth-order valence-corrected chi connectivity index (χ4v) is 4.51. The second-order valence-electron chi connectivity index (χ2n) is 11.5. The number of nitrogens with zero attached hydrogens (tertiary/aromatic N) is 4. The predicted octanol–water partition coefficient (Wildman–Crippen LogP) is 1.76. The second kappa shape index (κ2) is 16.5. The molecule has 0 aromatic carbocycles. The van der Waals surface area contributed by atoms with Crippen molar-refractivity contribution in [3.63, 3.8) is 0 Å². The molecule has 2 rings (SSSR count). The first-order chi connectivity index (χ1) is 20.5. The second-order valence-corrected chi connectivity index (χ2v) is 12.0. The highest BCUT2D eigenvalue weighted by Crippen LogP contribution is 2.27. The van der Waals surface area contributed by atoms with Crippen molar-refractivity contribution in [2.75, 3.05) is 44.4 Å². The molecule has 0 radical (unpaired) electrons. The van der Waals surface area contributed by atoms with Crippen LogP contribution in [0.5, 0.6) is 5.88 Å². The lowest BCUT2D eigenvalue weighted by molar-refractivity contribution is -0.184. The van der Waals surface area contributed by atoms with E-state index in [1.807, 2.05) is 27.7 Å². The minimum Gasteiger partial charge on any atom is -0.474 e. The van der Waals surface area contributed by atoms with Crippen LogP contribution in [0, 0.1) is 5.92 Å². The summed E-state index contributed by atoms with van der Waals surface area (Å²) < 4.78 is 40.1. The number of hydrogen-bond donors (Lipinski definition) is 0. The van der Waals surface area contributed by atoms with Gasteiger partial charge in [-0.1, -0.05) is 6.92 Å². The number of aromatic nitrogens is 2. The van der Waals surface area contributed by atoms with Gasteiger partial charge in [0.25, 0.3) is 11.8 Å². The zero-order valence-electron chi connectivity index (χ0n) is 26.8. The van der Waals surface area contributed by atoms with Crippen LogP contribution >= 0.6 is 11.7 Å². The summed E-state index contributed by atoms with van der Waals surface area (Å²) in [6.45, 7) is 17.1. The summed E-state index contributed by atoms with van der Waals surface area (Å²) >= 11 is 1.07. The van der Waals surface area contributed by atoms with Gasteiger partial charge in [0, 0.05) is 38.0 Å². The van der Waals surface area contributed by atoms with E-state index < -0.39 is 59.7 Å². The number of morpholine rings is 1. The number of ether oxygens (including phenoxy) is 6. The van der Waals surface area contributed by atoms with E-state index in [1.54, 1.807) is 4.90 Å². The van der Waals surface area contributed by atoms with E-state index in [0.717, 1.165) is 18.7 Å². The van der Waals surface area contributed by atoms with Crippen molar-refractivity contribution in [3.8, 4) is 5.88 Å². The van der Waals surface area contributed by atoms with Gasteiger partial charge in [0.1, 0.15) is 0 Å². The van der Waals surface area contributed by atoms with Gasteiger partial charge >= 0.3 is 23.9 Å². The molecule has 1 fully saturated rings. The van der Waals surface area contributed by atoms with Crippen LogP contribution in [-0.2, 0) is 47.7 Å². The van der Waals surface area contributed by atoms with Crippen molar-refractivity contribution in [1.29, 1.82) is 0 Å². The topological polar surface area (TPSA) is 173 Å². The number of amides is 1. The van der Waals surface area contributed by atoms with E-state index in [9.17, 15) is 24.0 Å². The van der Waals surface area contributed by atoms with Crippen LogP contribution in [0.3, 0.4) is 0 Å². The van der Waals surface area contributed by atoms with Gasteiger partial charge in [-0.3, -0.25) is 9.59 Å². The molecule has 248 valence electrons. The van der Waals surface area contributed by atoms with Gasteiger partial charge in [0.15, 0.2) is 24.4 Å². The Morgan fingerprint density at radius 1 is 0.841 bits per heavy atom. The van der Waals surface area contributed by atoms with Crippen molar-refractivity contribution in [2.45, 2.75) is 92.3 Å². The molecule has 1 aromatic heterocycles. The maximum Gasteiger partial charge on any atom is 0.347 e. The summed E-state index contributed by atoms with van der Waals surface area (Å²) in [4.78, 5) is 65.1. The Bertz CT molecular complexity index is 1150. The average molecular weight is 645 g/mol. The zero-order valence-corrected chi connectivity index (χ0v) is 27.6. The molecule has 1 aliphatic rings. The normalized spacial score (nSPS) is 16.9. The highest BCUT2D eigenvalue weighted by atomic mass is 32.1. The lowest BCUT2D eigenvalue weighted by Crippen LogP contribution is -2.52. The molecule has 5 atom stereocenters. The first-order valence-electron chi connectivity index (χ1n) is 14.4. The van der Waals surface area contributed by atoms with Crippen LogP contribution in [0.2, 0.25) is 0 Å². The maximum atomic E-state index is 13.4. The third kappa shape index (κ3) is 11.2. The molecule has 0 bridgehead atoms. The van der Waals surface area contributed by atoms with Gasteiger partial charge in [0.2, 0.25) is 5.82 Å². The fourth-order valence-electron chi connectivity index (χ4n) is 3.99. The monoisotopic (exact) mass is 644 g/mol. The minimum atomic E-state index is -1.40. The van der Waals surface area contributed by atoms with Gasteiger partial charge in [0.05, 0.1) is 31.5 Å². The van der Waals surface area contributed by atoms with Crippen LogP contribution in [0.4, 0.5) is 5.82 Å². The van der Waals surface area contributed by atoms with Gasteiger partial charge in [-0.25, -0.2) is 14.4 Å². The standard InChI is InChI=1S/C28H44N4O11S/c1-16(15-39-23-22(29-44-30-23)31-10-12-38-13-11-31)14-32(28(7,8)9)24(34)17(2)41-26(36)19(4)43-27(37)20(5)42-25(35)18(3)40-21(6)33/h16-20H,10-15H2,1-9H3/t16-,17-,18-,19-,20-/m0/s1. The number of carbonyl (C=O) groups excluding carboxylic acids is 5. The zero-order chi connectivity index (χ0) is 33.2. The molecule has 0 saturated carbocycles. The molecule has 1 amide bonds. The predicted molar refractivity (Wildman–Crippen MR) is 157 cm³/mol. The number of esters is 4. The number of rotatable bonds is 14. The first kappa shape index (κ1) is 36.7. The number of carbonyl (C=O) groups is 5. The summed E-state index contributed by atoms with van der Waals surface area (Å²) in [6, 6.07) is 0. The number of anilines is 1. The summed E-state index contributed by atoms with van der Waals surface area (Å²) in [7, 11) is 0. The smallest absolute Gasteiger partial charge is 0.347 e. The van der Waals surface area contributed by atoms with E-state index >= 15 is 0 Å². The fraction of sp³-hybridized carbons (Fsp3) is 0.750. The Hall–Kier alpha value is -3.53. The van der Waals surface area contributed by atoms with E-state index in [4.69, 9.17) is 28.4 Å². The van der Waals surface area contributed by atoms with Crippen molar-refractivity contribution >= 4 is 47.3 Å². The summed E-state index contributed by atoms with van der Waals surface area (Å²) in [5.41, 5.74) is -0.617. The van der Waals surface area contributed by atoms with E-state index in [2.05, 4.69) is 13.6 Å². The van der Waals surface area contributed by atoms with Crippen molar-refractivity contribution in [2.24, 2.45) is 5.92 Å². The molecular weight excluding hydrogens is 600 g/mol. The number of hydrogen-bond acceptors (Lipinski definition) is 15. The lowest BCUT2D eigenvalue weighted by Gasteiger charge is -2.38. The summed E-state index contributed by atoms with van der Waals surface area (Å²) in [5.74, 6) is -3.07. The Labute approximate surface area is 261 Å². The third-order valence-corrected chi connectivity index (χ3v) is 6.89. The molecule has 0 spiro atoms. The van der Waals surface area contributed by atoms with Crippen molar-refractivity contribution in [3.05, 3.63) is 0 Å². The Kier molecular flexibility index (Phi) is 13.8. The van der Waals surface area contributed by atoms with Gasteiger partial charge < -0.3 is 38.2 Å². The molecule has 0 aliphatic carbocycles. The van der Waals surface area contributed by atoms with Crippen LogP contribution in [-0.4, -0.2) is 113 Å². The van der Waals surface area contributed by atoms with E-state index in [0.29, 0.717) is 44.5 Å². The summed E-state index contributed by atoms with van der Waals surface area (Å²) in [6.07, 6.45) is -5.20. The SMILES string of the molecule is CC(=O)O[C@@H](C)C(=O)O[C@@H](C)C(=O)O[C@@H](C)C(=O)O[C@@H](C)C(=O)N(C[C@H](C)COc1nsnc1N1CCOCC1)C(C)(C)C. The molecule has 2 heterocycles. The third-order valence-electron chi connectivity index (χ3n) is 6.39. The largest absolute Gasteiger partial charge is 0.474 e. The molecule has 1 saturated heterocycles. The highest BCUT2D eigenvalue weighted by Gasteiger charge is 2.35. The minimum absolute atomic E-state index is 0.118. The highest BCUT2D eigenvalue weighted by molar-refractivity contribution is 6.99. The van der Waals surface area contributed by atoms with Crippen LogP contribution in [0.1, 0.15) is 62.3 Å². The summed E-state index contributed by atoms with van der Waals surface area (Å²) in [5, 5.41) is 0. The maximum absolute atomic E-state index is 13.4. The Morgan fingerprint density at radius 2 is 1.34 bits per heavy atom. The van der Waals surface area contributed by atoms with Crippen LogP contribution in [0.25, 0.3) is 0 Å². The molecule has 0 unspecified atom stereocenters. The van der Waals surface area contributed by atoms with Crippen LogP contribution in [0.15, 0.2) is 0 Å². The lowest BCUT2D eigenvalue weighted by atomic mass is 10.0. The van der Waals surface area contributed by atoms with Crippen molar-refractivity contribution in [1.82, 2.24) is 13.6 Å². The van der Waals surface area contributed by atoms with Crippen LogP contribution < -0.4 is 9.64 Å².